The van der Waals surface area contributed by atoms with E-state index in [-0.39, 0.29) is 12.6 Å². The van der Waals surface area contributed by atoms with Crippen LogP contribution in [0.25, 0.3) is 33.3 Å². The zero-order valence-electron chi connectivity index (χ0n) is 16.8. The Morgan fingerprint density at radius 1 is 1.03 bits per heavy atom. The maximum Gasteiger partial charge on any atom is 0.323 e. The molecule has 0 fully saturated rings. The van der Waals surface area contributed by atoms with Crippen molar-refractivity contribution in [2.45, 2.75) is 20.0 Å². The van der Waals surface area contributed by atoms with E-state index in [1.54, 1.807) is 10.8 Å². The SMILES string of the molecule is CCn1nc(-c2ccc(Oc3nc4ccccc4n3CC(=O)O)cc2)c2ncccc21. The van der Waals surface area contributed by atoms with Crippen molar-refractivity contribution in [3.63, 3.8) is 0 Å². The Morgan fingerprint density at radius 2 is 1.81 bits per heavy atom. The number of nitrogens with zero attached hydrogens (tertiary/aromatic N) is 5. The van der Waals surface area contributed by atoms with Gasteiger partial charge in [0.05, 0.1) is 16.6 Å². The van der Waals surface area contributed by atoms with Gasteiger partial charge in [-0.05, 0) is 55.5 Å². The van der Waals surface area contributed by atoms with Crippen LogP contribution in [0.5, 0.6) is 11.8 Å². The summed E-state index contributed by atoms with van der Waals surface area (Å²) in [5.74, 6) is -0.410. The van der Waals surface area contributed by atoms with Gasteiger partial charge in [0.1, 0.15) is 23.5 Å². The highest BCUT2D eigenvalue weighted by atomic mass is 16.5. The smallest absolute Gasteiger partial charge is 0.323 e. The second-order valence-corrected chi connectivity index (χ2v) is 7.02. The minimum absolute atomic E-state index is 0.235. The van der Waals surface area contributed by atoms with Crippen LogP contribution in [0.2, 0.25) is 0 Å². The van der Waals surface area contributed by atoms with Crippen molar-refractivity contribution in [1.29, 1.82) is 0 Å². The van der Waals surface area contributed by atoms with Crippen molar-refractivity contribution < 1.29 is 14.6 Å². The topological polar surface area (TPSA) is 95.1 Å². The molecule has 0 bridgehead atoms. The zero-order valence-corrected chi connectivity index (χ0v) is 16.8. The number of aryl methyl sites for hydroxylation is 1. The van der Waals surface area contributed by atoms with Gasteiger partial charge in [-0.2, -0.15) is 10.1 Å². The van der Waals surface area contributed by atoms with E-state index < -0.39 is 5.97 Å². The molecular formula is C23H19N5O3. The fraction of sp³-hybridized carbons (Fsp3) is 0.130. The summed E-state index contributed by atoms with van der Waals surface area (Å²) >= 11 is 0. The molecular weight excluding hydrogens is 394 g/mol. The third-order valence-corrected chi connectivity index (χ3v) is 5.06. The molecule has 0 aliphatic carbocycles. The van der Waals surface area contributed by atoms with Crippen LogP contribution in [0.3, 0.4) is 0 Å². The summed E-state index contributed by atoms with van der Waals surface area (Å²) in [6, 6.07) is 19.0. The number of fused-ring (bicyclic) bond motifs is 2. The van der Waals surface area contributed by atoms with E-state index >= 15 is 0 Å². The minimum atomic E-state index is -0.964. The Balaban J connectivity index is 1.49. The van der Waals surface area contributed by atoms with Crippen molar-refractivity contribution in [2.24, 2.45) is 0 Å². The van der Waals surface area contributed by atoms with Crippen LogP contribution in [0, 0.1) is 0 Å². The van der Waals surface area contributed by atoms with Crippen LogP contribution < -0.4 is 4.74 Å². The summed E-state index contributed by atoms with van der Waals surface area (Å²) in [6.45, 7) is 2.56. The Kier molecular flexibility index (Phi) is 4.59. The molecule has 0 saturated heterocycles. The van der Waals surface area contributed by atoms with Gasteiger partial charge < -0.3 is 9.84 Å². The Labute approximate surface area is 177 Å². The van der Waals surface area contributed by atoms with Gasteiger partial charge >= 0.3 is 12.0 Å². The molecule has 8 nitrogen and oxygen atoms in total. The number of carboxylic acid groups (broad SMARTS) is 1. The summed E-state index contributed by atoms with van der Waals surface area (Å²) in [7, 11) is 0. The van der Waals surface area contributed by atoms with Crippen molar-refractivity contribution in [2.75, 3.05) is 0 Å². The highest BCUT2D eigenvalue weighted by molar-refractivity contribution is 5.90. The highest BCUT2D eigenvalue weighted by Crippen LogP contribution is 2.30. The number of hydrogen-bond donors (Lipinski definition) is 1. The molecule has 8 heteroatoms. The van der Waals surface area contributed by atoms with Gasteiger partial charge in [0.25, 0.3) is 0 Å². The number of carbonyl (C=O) groups is 1. The van der Waals surface area contributed by atoms with E-state index in [9.17, 15) is 9.90 Å². The molecule has 5 aromatic rings. The van der Waals surface area contributed by atoms with Crippen molar-refractivity contribution in [3.05, 3.63) is 66.9 Å². The summed E-state index contributed by atoms with van der Waals surface area (Å²) in [5.41, 5.74) is 4.95. The predicted molar refractivity (Wildman–Crippen MR) is 116 cm³/mol. The van der Waals surface area contributed by atoms with E-state index in [4.69, 9.17) is 9.84 Å². The number of benzene rings is 2. The predicted octanol–water partition coefficient (Wildman–Crippen LogP) is 4.34. The lowest BCUT2D eigenvalue weighted by Crippen LogP contribution is -2.09. The third-order valence-electron chi connectivity index (χ3n) is 5.06. The number of ether oxygens (including phenoxy) is 1. The van der Waals surface area contributed by atoms with Gasteiger partial charge in [0, 0.05) is 18.3 Å². The first kappa shape index (κ1) is 18.8. The largest absolute Gasteiger partial charge is 0.480 e. The van der Waals surface area contributed by atoms with Crippen molar-refractivity contribution in [1.82, 2.24) is 24.3 Å². The Morgan fingerprint density at radius 3 is 2.58 bits per heavy atom. The lowest BCUT2D eigenvalue weighted by Gasteiger charge is -2.08. The molecule has 0 aliphatic rings. The number of aliphatic carboxylic acids is 1. The second-order valence-electron chi connectivity index (χ2n) is 7.02. The summed E-state index contributed by atoms with van der Waals surface area (Å²) in [5, 5.41) is 14.0. The number of aromatic nitrogens is 5. The lowest BCUT2D eigenvalue weighted by atomic mass is 10.1. The summed E-state index contributed by atoms with van der Waals surface area (Å²) < 4.78 is 9.42. The summed E-state index contributed by atoms with van der Waals surface area (Å²) in [4.78, 5) is 20.3. The van der Waals surface area contributed by atoms with Gasteiger partial charge in [-0.25, -0.2) is 0 Å². The molecule has 154 valence electrons. The molecule has 2 aromatic carbocycles. The molecule has 0 radical (unpaired) electrons. The fourth-order valence-corrected chi connectivity index (χ4v) is 3.65. The molecule has 3 aromatic heterocycles. The molecule has 0 atom stereocenters. The number of carboxylic acids is 1. The lowest BCUT2D eigenvalue weighted by molar-refractivity contribution is -0.137. The Bertz CT molecular complexity index is 1400. The van der Waals surface area contributed by atoms with Gasteiger partial charge in [-0.15, -0.1) is 0 Å². The number of hydrogen-bond acceptors (Lipinski definition) is 5. The molecule has 0 saturated carbocycles. The average molecular weight is 413 g/mol. The van der Waals surface area contributed by atoms with Crippen LogP contribution in [0.15, 0.2) is 66.9 Å². The van der Waals surface area contributed by atoms with Crippen LogP contribution in [0.4, 0.5) is 0 Å². The van der Waals surface area contributed by atoms with E-state index in [1.807, 2.05) is 72.3 Å². The van der Waals surface area contributed by atoms with Gasteiger partial charge in [0.2, 0.25) is 0 Å². The second kappa shape index (κ2) is 7.56. The summed E-state index contributed by atoms with van der Waals surface area (Å²) in [6.07, 6.45) is 1.76. The van der Waals surface area contributed by atoms with E-state index in [0.717, 1.165) is 28.8 Å². The molecule has 5 rings (SSSR count). The maximum absolute atomic E-state index is 11.3. The third kappa shape index (κ3) is 3.38. The van der Waals surface area contributed by atoms with Crippen molar-refractivity contribution in [3.8, 4) is 23.0 Å². The Hall–Kier alpha value is -4.20. The van der Waals surface area contributed by atoms with E-state index in [0.29, 0.717) is 16.8 Å². The normalized spacial score (nSPS) is 11.3. The first-order valence-corrected chi connectivity index (χ1v) is 9.91. The zero-order chi connectivity index (χ0) is 21.4. The van der Waals surface area contributed by atoms with Gasteiger partial charge in [-0.3, -0.25) is 19.0 Å². The van der Waals surface area contributed by atoms with E-state index in [1.165, 1.54) is 0 Å². The molecule has 1 N–H and O–H groups in total. The number of rotatable bonds is 6. The van der Waals surface area contributed by atoms with Crippen LogP contribution in [0.1, 0.15) is 6.92 Å². The molecule has 3 heterocycles. The van der Waals surface area contributed by atoms with Crippen LogP contribution in [-0.4, -0.2) is 35.4 Å². The molecule has 31 heavy (non-hydrogen) atoms. The maximum atomic E-state index is 11.3. The first-order chi connectivity index (χ1) is 15.1. The molecule has 0 spiro atoms. The number of imidazole rings is 1. The van der Waals surface area contributed by atoms with Crippen LogP contribution in [-0.2, 0) is 17.9 Å². The van der Waals surface area contributed by atoms with Crippen LogP contribution >= 0.6 is 0 Å². The fourth-order valence-electron chi connectivity index (χ4n) is 3.65. The van der Waals surface area contributed by atoms with Gasteiger partial charge in [0.15, 0.2) is 0 Å². The molecule has 0 unspecified atom stereocenters. The standard InChI is InChI=1S/C23H19N5O3/c1-2-28-19-8-5-13-24-22(19)21(26-28)15-9-11-16(12-10-15)31-23-25-17-6-3-4-7-18(17)27(23)14-20(29)30/h3-13H,2,14H2,1H3,(H,29,30). The number of para-hydroxylation sites is 2. The quantitative estimate of drug-likeness (QED) is 0.445. The molecule has 0 aliphatic heterocycles. The molecule has 0 amide bonds. The van der Waals surface area contributed by atoms with Crippen molar-refractivity contribution >= 4 is 28.0 Å². The highest BCUT2D eigenvalue weighted by Gasteiger charge is 2.16. The van der Waals surface area contributed by atoms with Gasteiger partial charge in [-0.1, -0.05) is 12.1 Å². The average Bonchev–Trinajstić information content (AvgIpc) is 3.32. The monoisotopic (exact) mass is 413 g/mol. The number of pyridine rings is 1. The van der Waals surface area contributed by atoms with E-state index in [2.05, 4.69) is 9.97 Å². The minimum Gasteiger partial charge on any atom is -0.480 e. The first-order valence-electron chi connectivity index (χ1n) is 9.91.